The number of hydrogen-bond acceptors (Lipinski definition) is 12. The number of aliphatic hydroxyl groups excluding tert-OH is 5. The molecule has 8 atom stereocenters. The molecule has 0 amide bonds. The molecular formula is C49H91O13P. The summed E-state index contributed by atoms with van der Waals surface area (Å²) >= 11 is 0. The van der Waals surface area contributed by atoms with E-state index in [1.54, 1.807) is 0 Å². The summed E-state index contributed by atoms with van der Waals surface area (Å²) in [7, 11) is -5.12. The van der Waals surface area contributed by atoms with Gasteiger partial charge >= 0.3 is 19.8 Å². The van der Waals surface area contributed by atoms with Crippen LogP contribution in [0.25, 0.3) is 0 Å². The van der Waals surface area contributed by atoms with Gasteiger partial charge in [-0.25, -0.2) is 4.57 Å². The number of carbonyl (C=O) groups is 2. The molecule has 1 rings (SSSR count). The minimum absolute atomic E-state index is 0.100. The van der Waals surface area contributed by atoms with Crippen molar-refractivity contribution < 1.29 is 63.1 Å². The molecule has 6 unspecified atom stereocenters. The van der Waals surface area contributed by atoms with Crippen LogP contribution in [0.4, 0.5) is 0 Å². The van der Waals surface area contributed by atoms with Crippen LogP contribution in [0.2, 0.25) is 0 Å². The van der Waals surface area contributed by atoms with Gasteiger partial charge in [-0.05, 0) is 44.9 Å². The number of esters is 2. The molecule has 0 heterocycles. The fourth-order valence-electron chi connectivity index (χ4n) is 7.73. The number of hydrogen-bond donors (Lipinski definition) is 6. The van der Waals surface area contributed by atoms with Crippen LogP contribution in [-0.4, -0.2) is 98.3 Å². The first kappa shape index (κ1) is 59.3. The van der Waals surface area contributed by atoms with E-state index in [1.165, 1.54) is 122 Å². The van der Waals surface area contributed by atoms with Crippen LogP contribution in [0.3, 0.4) is 0 Å². The second-order valence-corrected chi connectivity index (χ2v) is 19.1. The van der Waals surface area contributed by atoms with Gasteiger partial charge < -0.3 is 39.9 Å². The van der Waals surface area contributed by atoms with E-state index in [0.29, 0.717) is 12.8 Å². The third-order valence-electron chi connectivity index (χ3n) is 11.8. The Hall–Kier alpha value is -1.67. The molecule has 0 spiro atoms. The van der Waals surface area contributed by atoms with E-state index in [-0.39, 0.29) is 12.8 Å². The Bertz CT molecular complexity index is 1200. The predicted octanol–water partition coefficient (Wildman–Crippen LogP) is 10.4. The SMILES string of the molecule is CCCCC/C=C\C/C=C\CCCCCCCCCCCC(=O)OC[C@H](COP(=O)(O)OC1C(O)C(O)C(O)[C@@H](O)C1O)OC(=O)CCCCCCCCCCCCCCCCC. The molecule has 1 fully saturated rings. The summed E-state index contributed by atoms with van der Waals surface area (Å²) in [5.74, 6) is -1.09. The Morgan fingerprint density at radius 1 is 0.492 bits per heavy atom. The van der Waals surface area contributed by atoms with E-state index < -0.39 is 75.7 Å². The van der Waals surface area contributed by atoms with E-state index in [4.69, 9.17) is 18.5 Å². The maximum Gasteiger partial charge on any atom is 0.472 e. The molecule has 0 radical (unpaired) electrons. The molecule has 63 heavy (non-hydrogen) atoms. The Morgan fingerprint density at radius 2 is 0.857 bits per heavy atom. The molecule has 0 saturated heterocycles. The van der Waals surface area contributed by atoms with Gasteiger partial charge in [0.15, 0.2) is 6.10 Å². The van der Waals surface area contributed by atoms with Crippen molar-refractivity contribution >= 4 is 19.8 Å². The molecule has 0 aromatic carbocycles. The fraction of sp³-hybridized carbons (Fsp3) is 0.878. The number of phosphoric ester groups is 1. The fourth-order valence-corrected chi connectivity index (χ4v) is 8.70. The van der Waals surface area contributed by atoms with Gasteiger partial charge in [-0.2, -0.15) is 0 Å². The van der Waals surface area contributed by atoms with Gasteiger partial charge in [-0.1, -0.05) is 186 Å². The average Bonchev–Trinajstić information content (AvgIpc) is 3.26. The van der Waals surface area contributed by atoms with Crippen molar-refractivity contribution in [3.63, 3.8) is 0 Å². The molecule has 1 saturated carbocycles. The molecule has 0 aliphatic heterocycles. The number of ether oxygens (including phenoxy) is 2. The number of aliphatic hydroxyl groups is 5. The first-order chi connectivity index (χ1) is 30.4. The minimum Gasteiger partial charge on any atom is -0.462 e. The number of unbranched alkanes of at least 4 members (excludes halogenated alkanes) is 26. The minimum atomic E-state index is -5.12. The van der Waals surface area contributed by atoms with Crippen LogP contribution in [0.5, 0.6) is 0 Å². The van der Waals surface area contributed by atoms with Crippen molar-refractivity contribution in [2.24, 2.45) is 0 Å². The van der Waals surface area contributed by atoms with Crippen LogP contribution in [0, 0.1) is 0 Å². The van der Waals surface area contributed by atoms with Crippen molar-refractivity contribution in [2.75, 3.05) is 13.2 Å². The van der Waals surface area contributed by atoms with E-state index in [2.05, 4.69) is 38.2 Å². The molecule has 0 bridgehead atoms. The van der Waals surface area contributed by atoms with Crippen molar-refractivity contribution in [3.8, 4) is 0 Å². The van der Waals surface area contributed by atoms with E-state index in [1.807, 2.05) is 0 Å². The molecule has 0 aromatic rings. The van der Waals surface area contributed by atoms with Gasteiger partial charge in [0.2, 0.25) is 0 Å². The van der Waals surface area contributed by atoms with Crippen LogP contribution in [0.1, 0.15) is 219 Å². The zero-order valence-corrected chi connectivity index (χ0v) is 40.3. The second-order valence-electron chi connectivity index (χ2n) is 17.7. The lowest BCUT2D eigenvalue weighted by molar-refractivity contribution is -0.220. The average molecular weight is 919 g/mol. The highest BCUT2D eigenvalue weighted by molar-refractivity contribution is 7.47. The lowest BCUT2D eigenvalue weighted by Crippen LogP contribution is -2.64. The van der Waals surface area contributed by atoms with Crippen molar-refractivity contribution in [2.45, 2.75) is 262 Å². The number of carbonyl (C=O) groups excluding carboxylic acids is 2. The highest BCUT2D eigenvalue weighted by Crippen LogP contribution is 2.47. The standard InChI is InChI=1S/C49H91O13P/c1-3-5-7-9-11-13-15-17-19-20-21-22-24-25-27-29-31-33-35-37-42(50)59-39-41(40-60-63(57,58)62-49-47(55)45(53)44(52)46(54)48(49)56)61-43(51)38-36-34-32-30-28-26-23-18-16-14-12-10-8-6-4-2/h11,13,17,19,41,44-49,52-56H,3-10,12,14-16,18,20-40H2,1-2H3,(H,57,58)/b13-11-,19-17-/t41-,44?,45-,46?,47?,48?,49?/m1/s1. The molecule has 13 nitrogen and oxygen atoms in total. The normalized spacial score (nSPS) is 21.8. The molecule has 370 valence electrons. The summed E-state index contributed by atoms with van der Waals surface area (Å²) in [4.78, 5) is 35.8. The van der Waals surface area contributed by atoms with E-state index in [0.717, 1.165) is 57.8 Å². The van der Waals surface area contributed by atoms with Crippen LogP contribution in [-0.2, 0) is 32.7 Å². The van der Waals surface area contributed by atoms with Gasteiger partial charge in [-0.15, -0.1) is 0 Å². The largest absolute Gasteiger partial charge is 0.472 e. The topological polar surface area (TPSA) is 210 Å². The van der Waals surface area contributed by atoms with Crippen molar-refractivity contribution in [3.05, 3.63) is 24.3 Å². The smallest absolute Gasteiger partial charge is 0.462 e. The second kappa shape index (κ2) is 39.5. The molecular weight excluding hydrogens is 827 g/mol. The Balaban J connectivity index is 2.40. The van der Waals surface area contributed by atoms with Crippen molar-refractivity contribution in [1.82, 2.24) is 0 Å². The highest BCUT2D eigenvalue weighted by Gasteiger charge is 2.51. The summed E-state index contributed by atoms with van der Waals surface area (Å²) in [5, 5.41) is 50.2. The highest BCUT2D eigenvalue weighted by atomic mass is 31.2. The molecule has 0 aromatic heterocycles. The van der Waals surface area contributed by atoms with Gasteiger partial charge in [0.05, 0.1) is 6.61 Å². The summed E-state index contributed by atoms with van der Waals surface area (Å²) in [6.45, 7) is 3.30. The maximum absolute atomic E-state index is 12.8. The number of phosphoric acid groups is 1. The summed E-state index contributed by atoms with van der Waals surface area (Å²) in [5.41, 5.74) is 0. The summed E-state index contributed by atoms with van der Waals surface area (Å²) in [6.07, 6.45) is 30.8. The van der Waals surface area contributed by atoms with Crippen molar-refractivity contribution in [1.29, 1.82) is 0 Å². The predicted molar refractivity (Wildman–Crippen MR) is 249 cm³/mol. The maximum atomic E-state index is 12.8. The van der Waals surface area contributed by atoms with E-state index >= 15 is 0 Å². The molecule has 14 heteroatoms. The summed E-state index contributed by atoms with van der Waals surface area (Å²) in [6, 6.07) is 0. The Morgan fingerprint density at radius 3 is 1.32 bits per heavy atom. The number of rotatable bonds is 42. The van der Waals surface area contributed by atoms with Crippen LogP contribution < -0.4 is 0 Å². The lowest BCUT2D eigenvalue weighted by atomic mass is 9.85. The third kappa shape index (κ3) is 31.8. The quantitative estimate of drug-likeness (QED) is 0.0146. The zero-order valence-electron chi connectivity index (χ0n) is 39.4. The van der Waals surface area contributed by atoms with E-state index in [9.17, 15) is 44.6 Å². The van der Waals surface area contributed by atoms with Crippen LogP contribution in [0.15, 0.2) is 24.3 Å². The molecule has 6 N–H and O–H groups in total. The first-order valence-electron chi connectivity index (χ1n) is 25.1. The summed E-state index contributed by atoms with van der Waals surface area (Å²) < 4.78 is 33.6. The monoisotopic (exact) mass is 919 g/mol. The zero-order chi connectivity index (χ0) is 46.4. The molecule has 1 aliphatic carbocycles. The van der Waals surface area contributed by atoms with Crippen LogP contribution >= 0.6 is 7.82 Å². The van der Waals surface area contributed by atoms with Gasteiger partial charge in [0.25, 0.3) is 0 Å². The third-order valence-corrected chi connectivity index (χ3v) is 12.8. The lowest BCUT2D eigenvalue weighted by Gasteiger charge is -2.41. The first-order valence-corrected chi connectivity index (χ1v) is 26.6. The van der Waals surface area contributed by atoms with Gasteiger partial charge in [0.1, 0.15) is 43.2 Å². The molecule has 1 aliphatic rings. The Labute approximate surface area is 381 Å². The van der Waals surface area contributed by atoms with Gasteiger partial charge in [0, 0.05) is 12.8 Å². The Kier molecular flexibility index (Phi) is 37.2. The van der Waals surface area contributed by atoms with Gasteiger partial charge in [-0.3, -0.25) is 18.6 Å². The number of allylic oxidation sites excluding steroid dienone is 4.